The molecule has 1 aliphatic carbocycles. The van der Waals surface area contributed by atoms with Gasteiger partial charge in [0.15, 0.2) is 0 Å². The van der Waals surface area contributed by atoms with Crippen LogP contribution in [0.5, 0.6) is 0 Å². The Morgan fingerprint density at radius 2 is 2.00 bits per heavy atom. The lowest BCUT2D eigenvalue weighted by atomic mass is 10.0. The molecule has 3 rings (SSSR count). The van der Waals surface area contributed by atoms with Crippen LogP contribution in [0.25, 0.3) is 0 Å². The van der Waals surface area contributed by atoms with Gasteiger partial charge in [-0.1, -0.05) is 25.8 Å². The Bertz CT molecular complexity index is 635. The van der Waals surface area contributed by atoms with E-state index in [9.17, 15) is 4.79 Å². The third kappa shape index (κ3) is 4.81. The van der Waals surface area contributed by atoms with Crippen LogP contribution in [0.4, 0.5) is 10.6 Å². The molecule has 1 unspecified atom stereocenters. The second-order valence-electron chi connectivity index (χ2n) is 8.90. The number of nitrogens with zero attached hydrogens (tertiary/aromatic N) is 3. The molecule has 1 saturated carbocycles. The van der Waals surface area contributed by atoms with E-state index in [1.165, 1.54) is 12.0 Å². The normalized spacial score (nSPS) is 21.6. The van der Waals surface area contributed by atoms with Gasteiger partial charge in [-0.05, 0) is 72.0 Å². The second kappa shape index (κ2) is 8.59. The molecule has 1 amide bonds. The van der Waals surface area contributed by atoms with Crippen LogP contribution < -0.4 is 4.90 Å². The predicted molar refractivity (Wildman–Crippen MR) is 109 cm³/mol. The molecule has 2 aliphatic rings. The number of hydrogen-bond donors (Lipinski definition) is 0. The first-order valence-corrected chi connectivity index (χ1v) is 10.6. The first-order valence-electron chi connectivity index (χ1n) is 10.6. The smallest absolute Gasteiger partial charge is 0.416 e. The van der Waals surface area contributed by atoms with Crippen molar-refractivity contribution in [1.29, 1.82) is 0 Å². The number of aromatic nitrogens is 1. The van der Waals surface area contributed by atoms with E-state index in [-0.39, 0.29) is 12.1 Å². The number of hydrogen-bond acceptors (Lipinski definition) is 4. The Morgan fingerprint density at radius 1 is 1.26 bits per heavy atom. The van der Waals surface area contributed by atoms with Crippen molar-refractivity contribution in [1.82, 2.24) is 9.88 Å². The number of anilines is 1. The Labute approximate surface area is 164 Å². The molecule has 0 spiro atoms. The third-order valence-electron chi connectivity index (χ3n) is 5.56. The third-order valence-corrected chi connectivity index (χ3v) is 5.56. The monoisotopic (exact) mass is 373 g/mol. The number of amides is 1. The molecule has 5 heteroatoms. The lowest BCUT2D eigenvalue weighted by molar-refractivity contribution is 0.0564. The molecular formula is C22H35N3O2. The average Bonchev–Trinajstić information content (AvgIpc) is 3.26. The molecule has 1 aliphatic heterocycles. The van der Waals surface area contributed by atoms with E-state index in [0.29, 0.717) is 6.04 Å². The molecule has 1 aromatic heterocycles. The summed E-state index contributed by atoms with van der Waals surface area (Å²) in [6, 6.07) is 4.70. The summed E-state index contributed by atoms with van der Waals surface area (Å²) >= 11 is 0. The highest BCUT2D eigenvalue weighted by molar-refractivity contribution is 5.88. The summed E-state index contributed by atoms with van der Waals surface area (Å²) in [5, 5.41) is 0. The number of rotatable bonds is 5. The molecule has 2 fully saturated rings. The second-order valence-corrected chi connectivity index (χ2v) is 8.90. The fraction of sp³-hybridized carbons (Fsp3) is 0.727. The van der Waals surface area contributed by atoms with Crippen LogP contribution >= 0.6 is 0 Å². The van der Waals surface area contributed by atoms with E-state index in [2.05, 4.69) is 17.9 Å². The van der Waals surface area contributed by atoms with Crippen molar-refractivity contribution in [3.63, 3.8) is 0 Å². The summed E-state index contributed by atoms with van der Waals surface area (Å²) in [5.41, 5.74) is 0.672. The van der Waals surface area contributed by atoms with Crippen LogP contribution in [0.15, 0.2) is 18.3 Å². The zero-order valence-electron chi connectivity index (χ0n) is 17.4. The van der Waals surface area contributed by atoms with Gasteiger partial charge in [0.2, 0.25) is 0 Å². The maximum absolute atomic E-state index is 13.2. The molecule has 0 radical (unpaired) electrons. The van der Waals surface area contributed by atoms with Crippen LogP contribution in [0.2, 0.25) is 0 Å². The van der Waals surface area contributed by atoms with E-state index in [1.807, 2.05) is 37.9 Å². The summed E-state index contributed by atoms with van der Waals surface area (Å²) < 4.78 is 5.79. The van der Waals surface area contributed by atoms with E-state index in [0.717, 1.165) is 57.4 Å². The van der Waals surface area contributed by atoms with E-state index >= 15 is 0 Å². The van der Waals surface area contributed by atoms with Gasteiger partial charge in [-0.25, -0.2) is 9.78 Å². The first-order chi connectivity index (χ1) is 12.9. The zero-order chi connectivity index (χ0) is 19.4. The number of carbonyl (C=O) groups excluding carboxylic acids is 1. The quantitative estimate of drug-likeness (QED) is 0.701. The fourth-order valence-corrected chi connectivity index (χ4v) is 4.49. The molecule has 1 saturated heterocycles. The molecule has 0 aromatic carbocycles. The van der Waals surface area contributed by atoms with Crippen LogP contribution in [0.3, 0.4) is 0 Å². The van der Waals surface area contributed by atoms with Gasteiger partial charge in [0, 0.05) is 23.8 Å². The van der Waals surface area contributed by atoms with Crippen molar-refractivity contribution in [3.8, 4) is 0 Å². The number of ether oxygens (including phenoxy) is 1. The molecule has 27 heavy (non-hydrogen) atoms. The summed E-state index contributed by atoms with van der Waals surface area (Å²) in [5.74, 6) is 0.812. The number of likely N-dealkylation sites (tertiary alicyclic amines) is 1. The van der Waals surface area contributed by atoms with Gasteiger partial charge in [0.25, 0.3) is 0 Å². The maximum Gasteiger partial charge on any atom is 0.416 e. The molecule has 0 N–H and O–H groups in total. The Hall–Kier alpha value is -1.62. The Morgan fingerprint density at radius 3 is 2.67 bits per heavy atom. The van der Waals surface area contributed by atoms with Gasteiger partial charge in [0.1, 0.15) is 11.4 Å². The van der Waals surface area contributed by atoms with Crippen LogP contribution in [-0.4, -0.2) is 40.7 Å². The van der Waals surface area contributed by atoms with E-state index < -0.39 is 5.60 Å². The van der Waals surface area contributed by atoms with Gasteiger partial charge >= 0.3 is 6.09 Å². The van der Waals surface area contributed by atoms with Crippen LogP contribution in [0.1, 0.15) is 84.2 Å². The molecule has 0 bridgehead atoms. The standard InChI is InChI=1S/C22H35N3O2/c1-5-15-24-16-9-13-19(24)18-12-8-14-23-20(18)25(17-10-6-7-11-17)21(26)27-22(2,3)4/h8,12,14,17,19H,5-7,9-11,13,15-16H2,1-4H3. The lowest BCUT2D eigenvalue weighted by Crippen LogP contribution is -2.44. The average molecular weight is 374 g/mol. The highest BCUT2D eigenvalue weighted by Gasteiger charge is 2.36. The van der Waals surface area contributed by atoms with Gasteiger partial charge in [-0.3, -0.25) is 9.80 Å². The van der Waals surface area contributed by atoms with Gasteiger partial charge < -0.3 is 4.74 Å². The molecule has 5 nitrogen and oxygen atoms in total. The lowest BCUT2D eigenvalue weighted by Gasteiger charge is -2.34. The van der Waals surface area contributed by atoms with Gasteiger partial charge in [0.05, 0.1) is 0 Å². The summed E-state index contributed by atoms with van der Waals surface area (Å²) in [6.07, 6.45) is 9.41. The fourth-order valence-electron chi connectivity index (χ4n) is 4.49. The highest BCUT2D eigenvalue weighted by atomic mass is 16.6. The van der Waals surface area contributed by atoms with Crippen molar-refractivity contribution in [3.05, 3.63) is 23.9 Å². The van der Waals surface area contributed by atoms with Crippen molar-refractivity contribution in [2.45, 2.75) is 90.3 Å². The highest BCUT2D eigenvalue weighted by Crippen LogP contribution is 2.39. The van der Waals surface area contributed by atoms with Crippen molar-refractivity contribution < 1.29 is 9.53 Å². The first kappa shape index (κ1) is 20.1. The topological polar surface area (TPSA) is 45.7 Å². The van der Waals surface area contributed by atoms with Gasteiger partial charge in [-0.15, -0.1) is 0 Å². The maximum atomic E-state index is 13.2. The van der Waals surface area contributed by atoms with E-state index in [4.69, 9.17) is 9.72 Å². The molecule has 150 valence electrons. The summed E-state index contributed by atoms with van der Waals surface area (Å²) in [6.45, 7) is 10.2. The molecule has 1 aromatic rings. The molecule has 1 atom stereocenters. The SMILES string of the molecule is CCCN1CCCC1c1cccnc1N(C(=O)OC(C)(C)C)C1CCCC1. The minimum absolute atomic E-state index is 0.189. The number of pyridine rings is 1. The Kier molecular flexibility index (Phi) is 6.40. The minimum Gasteiger partial charge on any atom is -0.443 e. The number of carbonyl (C=O) groups is 1. The zero-order valence-corrected chi connectivity index (χ0v) is 17.4. The van der Waals surface area contributed by atoms with Crippen molar-refractivity contribution in [2.24, 2.45) is 0 Å². The Balaban J connectivity index is 1.96. The largest absolute Gasteiger partial charge is 0.443 e. The van der Waals surface area contributed by atoms with Crippen LogP contribution in [0, 0.1) is 0 Å². The molecule has 2 heterocycles. The summed E-state index contributed by atoms with van der Waals surface area (Å²) in [7, 11) is 0. The van der Waals surface area contributed by atoms with Crippen molar-refractivity contribution in [2.75, 3.05) is 18.0 Å². The van der Waals surface area contributed by atoms with Crippen molar-refractivity contribution >= 4 is 11.9 Å². The minimum atomic E-state index is -0.509. The van der Waals surface area contributed by atoms with E-state index in [1.54, 1.807) is 0 Å². The van der Waals surface area contributed by atoms with Gasteiger partial charge in [-0.2, -0.15) is 0 Å². The predicted octanol–water partition coefficient (Wildman–Crippen LogP) is 5.31. The summed E-state index contributed by atoms with van der Waals surface area (Å²) in [4.78, 5) is 22.3. The molecular weight excluding hydrogens is 338 g/mol. The van der Waals surface area contributed by atoms with Crippen LogP contribution in [-0.2, 0) is 4.74 Å².